The molecular formula is C26H27F2N3O5S. The highest BCUT2D eigenvalue weighted by Crippen LogP contribution is 2.47. The number of aromatic nitrogens is 1. The molecule has 1 aliphatic heterocycles. The van der Waals surface area contributed by atoms with E-state index in [2.05, 4.69) is 10.0 Å². The van der Waals surface area contributed by atoms with Gasteiger partial charge >= 0.3 is 0 Å². The van der Waals surface area contributed by atoms with Crippen molar-refractivity contribution in [2.24, 2.45) is 12.5 Å². The number of hydrogen-bond acceptors (Lipinski definition) is 5. The van der Waals surface area contributed by atoms with E-state index in [1.54, 1.807) is 25.4 Å². The molecule has 0 bridgehead atoms. The molecule has 196 valence electrons. The zero-order chi connectivity index (χ0) is 26.2. The first-order valence-electron chi connectivity index (χ1n) is 11.9. The van der Waals surface area contributed by atoms with Crippen LogP contribution >= 0.6 is 0 Å². The maximum Gasteiger partial charge on any atom is 0.254 e. The minimum atomic E-state index is -2.14. The van der Waals surface area contributed by atoms with Gasteiger partial charge < -0.3 is 19.4 Å². The summed E-state index contributed by atoms with van der Waals surface area (Å²) in [6.07, 6.45) is 3.82. The molecule has 1 aromatic heterocycles. The van der Waals surface area contributed by atoms with Gasteiger partial charge in [0.25, 0.3) is 5.56 Å². The Morgan fingerprint density at radius 1 is 1.11 bits per heavy atom. The van der Waals surface area contributed by atoms with Crippen molar-refractivity contribution >= 4 is 11.3 Å². The van der Waals surface area contributed by atoms with Gasteiger partial charge in [0.05, 0.1) is 6.10 Å². The fraction of sp³-hybridized carbons (Fsp3) is 0.346. The zero-order valence-corrected chi connectivity index (χ0v) is 20.9. The number of benzene rings is 2. The molecular weight excluding hydrogens is 504 g/mol. The van der Waals surface area contributed by atoms with E-state index in [-0.39, 0.29) is 35.1 Å². The van der Waals surface area contributed by atoms with Crippen molar-refractivity contribution in [3.8, 4) is 28.4 Å². The number of nitrogens with one attached hydrogen (secondary N) is 2. The van der Waals surface area contributed by atoms with Crippen molar-refractivity contribution in [1.29, 1.82) is 0 Å². The molecule has 1 atom stereocenters. The van der Waals surface area contributed by atoms with Gasteiger partial charge in [-0.25, -0.2) is 17.7 Å². The molecule has 2 aliphatic rings. The summed E-state index contributed by atoms with van der Waals surface area (Å²) in [7, 11) is 1.62. The normalized spacial score (nSPS) is 17.2. The first-order chi connectivity index (χ1) is 17.7. The Labute approximate surface area is 215 Å². The van der Waals surface area contributed by atoms with Crippen LogP contribution in [0.3, 0.4) is 0 Å². The van der Waals surface area contributed by atoms with Crippen molar-refractivity contribution < 1.29 is 27.0 Å². The average Bonchev–Trinajstić information content (AvgIpc) is 2.79. The summed E-state index contributed by atoms with van der Waals surface area (Å²) in [4.78, 5) is 12.5. The molecule has 2 fully saturated rings. The maximum atomic E-state index is 14.4. The Morgan fingerprint density at radius 3 is 2.54 bits per heavy atom. The monoisotopic (exact) mass is 531 g/mol. The van der Waals surface area contributed by atoms with Crippen molar-refractivity contribution in [2.75, 3.05) is 19.6 Å². The van der Waals surface area contributed by atoms with E-state index in [1.165, 1.54) is 16.7 Å². The SMILES string of the molecule is Cn1cc(-c2cc(CCNS(=O)O)ccc2Oc2ccc(F)cc2F)c(OC2CC3(CNC3)C2)cc1=O. The van der Waals surface area contributed by atoms with Crippen molar-refractivity contribution in [2.45, 2.75) is 25.4 Å². The lowest BCUT2D eigenvalue weighted by atomic mass is 9.63. The number of hydrogen-bond donors (Lipinski definition) is 3. The smallest absolute Gasteiger partial charge is 0.254 e. The molecule has 5 rings (SSSR count). The van der Waals surface area contributed by atoms with Crippen molar-refractivity contribution in [1.82, 2.24) is 14.6 Å². The predicted molar refractivity (Wildman–Crippen MR) is 135 cm³/mol. The molecule has 3 aromatic rings. The van der Waals surface area contributed by atoms with Crippen LogP contribution < -0.4 is 25.1 Å². The molecule has 1 saturated heterocycles. The minimum Gasteiger partial charge on any atom is -0.489 e. The van der Waals surface area contributed by atoms with E-state index in [9.17, 15) is 17.8 Å². The van der Waals surface area contributed by atoms with Gasteiger partial charge in [0.1, 0.15) is 17.3 Å². The molecule has 8 nitrogen and oxygen atoms in total. The summed E-state index contributed by atoms with van der Waals surface area (Å²) in [6, 6.07) is 9.71. The lowest BCUT2D eigenvalue weighted by Crippen LogP contribution is -2.62. The van der Waals surface area contributed by atoms with Gasteiger partial charge in [-0.2, -0.15) is 0 Å². The van der Waals surface area contributed by atoms with Gasteiger partial charge in [-0.3, -0.25) is 9.35 Å². The number of rotatable bonds is 9. The van der Waals surface area contributed by atoms with E-state index < -0.39 is 22.9 Å². The first kappa shape index (κ1) is 25.5. The van der Waals surface area contributed by atoms with E-state index in [1.807, 2.05) is 6.07 Å². The van der Waals surface area contributed by atoms with Crippen LogP contribution in [0.15, 0.2) is 53.5 Å². The van der Waals surface area contributed by atoms with Crippen LogP contribution in [0.4, 0.5) is 8.78 Å². The summed E-state index contributed by atoms with van der Waals surface area (Å²) < 4.78 is 63.9. The number of halogens is 2. The fourth-order valence-electron chi connectivity index (χ4n) is 4.84. The Balaban J connectivity index is 1.52. The number of aryl methyl sites for hydroxylation is 1. The van der Waals surface area contributed by atoms with Crippen LogP contribution in [0.5, 0.6) is 17.2 Å². The largest absolute Gasteiger partial charge is 0.489 e. The minimum absolute atomic E-state index is 0.0289. The summed E-state index contributed by atoms with van der Waals surface area (Å²) in [6.45, 7) is 2.17. The Morgan fingerprint density at radius 2 is 1.86 bits per heavy atom. The van der Waals surface area contributed by atoms with Crippen molar-refractivity contribution in [3.63, 3.8) is 0 Å². The second kappa shape index (κ2) is 10.3. The maximum absolute atomic E-state index is 14.4. The lowest BCUT2D eigenvalue weighted by molar-refractivity contribution is -0.0493. The van der Waals surface area contributed by atoms with Gasteiger partial charge in [-0.15, -0.1) is 0 Å². The van der Waals surface area contributed by atoms with Crippen LogP contribution in [0.25, 0.3) is 11.1 Å². The van der Waals surface area contributed by atoms with Gasteiger partial charge in [0.2, 0.25) is 11.3 Å². The van der Waals surface area contributed by atoms with E-state index in [0.717, 1.165) is 43.6 Å². The second-order valence-electron chi connectivity index (χ2n) is 9.65. The third-order valence-corrected chi connectivity index (χ3v) is 7.34. The third-order valence-electron chi connectivity index (χ3n) is 6.89. The van der Waals surface area contributed by atoms with E-state index in [0.29, 0.717) is 23.3 Å². The molecule has 11 heteroatoms. The Hall–Kier alpha value is -3.12. The molecule has 1 unspecified atom stereocenters. The molecule has 0 radical (unpaired) electrons. The summed E-state index contributed by atoms with van der Waals surface area (Å²) >= 11 is -2.14. The van der Waals surface area contributed by atoms with Gasteiger partial charge in [0.15, 0.2) is 11.6 Å². The first-order valence-corrected chi connectivity index (χ1v) is 13.0. The summed E-state index contributed by atoms with van der Waals surface area (Å²) in [5.41, 5.74) is 1.96. The van der Waals surface area contributed by atoms with Gasteiger partial charge in [-0.1, -0.05) is 6.07 Å². The molecule has 37 heavy (non-hydrogen) atoms. The van der Waals surface area contributed by atoms with Crippen LogP contribution in [-0.4, -0.2) is 39.1 Å². The highest BCUT2D eigenvalue weighted by molar-refractivity contribution is 7.77. The third kappa shape index (κ3) is 5.59. The Bertz CT molecular complexity index is 1400. The predicted octanol–water partition coefficient (Wildman–Crippen LogP) is 3.52. The topological polar surface area (TPSA) is 102 Å². The average molecular weight is 532 g/mol. The second-order valence-corrected chi connectivity index (χ2v) is 10.4. The zero-order valence-electron chi connectivity index (χ0n) is 20.1. The van der Waals surface area contributed by atoms with Crippen molar-refractivity contribution in [3.05, 3.63) is 76.2 Å². The van der Waals surface area contributed by atoms with Crippen LogP contribution in [-0.2, 0) is 24.7 Å². The number of pyridine rings is 1. The highest BCUT2D eigenvalue weighted by atomic mass is 32.2. The molecule has 1 saturated carbocycles. The van der Waals surface area contributed by atoms with Gasteiger partial charge in [-0.05, 0) is 49.1 Å². The summed E-state index contributed by atoms with van der Waals surface area (Å²) in [5.74, 6) is -1.05. The van der Waals surface area contributed by atoms with Crippen LogP contribution in [0, 0.1) is 17.0 Å². The molecule has 1 aliphatic carbocycles. The molecule has 2 aromatic carbocycles. The number of ether oxygens (including phenoxy) is 2. The molecule has 2 heterocycles. The summed E-state index contributed by atoms with van der Waals surface area (Å²) in [5, 5.41) is 3.29. The Kier molecular flexibility index (Phi) is 7.13. The van der Waals surface area contributed by atoms with E-state index >= 15 is 0 Å². The van der Waals surface area contributed by atoms with E-state index in [4.69, 9.17) is 14.0 Å². The molecule has 1 spiro atoms. The fourth-order valence-corrected chi connectivity index (χ4v) is 5.12. The number of nitrogens with zero attached hydrogens (tertiary/aromatic N) is 1. The van der Waals surface area contributed by atoms with Crippen LogP contribution in [0.2, 0.25) is 0 Å². The standard InChI is InChI=1S/C26H27F2N3O5S/c1-31-13-20(24(10-25(31)32)35-18-11-26(12-18)14-29-15-26)19-8-16(6-7-30-37(33)34)2-4-22(19)36-23-5-3-17(27)9-21(23)28/h2-5,8-10,13,18,29-30H,6-7,11-12,14-15H2,1H3,(H,33,34). The van der Waals surface area contributed by atoms with Crippen LogP contribution in [0.1, 0.15) is 18.4 Å². The quantitative estimate of drug-likeness (QED) is 0.366. The molecule has 0 amide bonds. The molecule has 3 N–H and O–H groups in total. The highest BCUT2D eigenvalue weighted by Gasteiger charge is 2.49. The van der Waals surface area contributed by atoms with Gasteiger partial charge in [0, 0.05) is 61.6 Å². The lowest BCUT2D eigenvalue weighted by Gasteiger charge is -2.53.